The van der Waals surface area contributed by atoms with Gasteiger partial charge < -0.3 is 10.2 Å². The van der Waals surface area contributed by atoms with E-state index in [4.69, 9.17) is 0 Å². The molecule has 1 unspecified atom stereocenters. The van der Waals surface area contributed by atoms with Crippen molar-refractivity contribution in [1.29, 1.82) is 0 Å². The maximum atomic E-state index is 13.8. The molecule has 11 heteroatoms. The number of nitro groups is 1. The van der Waals surface area contributed by atoms with Crippen molar-refractivity contribution in [1.82, 2.24) is 10.2 Å². The number of nitrogens with zero attached hydrogens (tertiary/aromatic N) is 3. The molecule has 212 valence electrons. The highest BCUT2D eigenvalue weighted by Gasteiger charge is 2.32. The first kappa shape index (κ1) is 30.3. The van der Waals surface area contributed by atoms with Gasteiger partial charge in [0.2, 0.25) is 11.8 Å². The van der Waals surface area contributed by atoms with Crippen LogP contribution in [0.4, 0.5) is 11.4 Å². The Morgan fingerprint density at radius 3 is 2.25 bits per heavy atom. The van der Waals surface area contributed by atoms with E-state index in [0.29, 0.717) is 13.0 Å². The fraction of sp³-hybridized carbons (Fsp3) is 0.310. The van der Waals surface area contributed by atoms with Crippen molar-refractivity contribution in [2.24, 2.45) is 0 Å². The smallest absolute Gasteiger partial charge is 0.271 e. The third-order valence-corrected chi connectivity index (χ3v) is 8.21. The molecule has 1 atom stereocenters. The zero-order valence-electron chi connectivity index (χ0n) is 22.6. The van der Waals surface area contributed by atoms with Gasteiger partial charge in [-0.15, -0.1) is 0 Å². The standard InChI is InChI=1S/C29H34N4O6S/c1-3-4-19-30-29(35)23(2)31(20-18-24-12-7-5-8-13-24)28(34)22-32(25-14-11-15-26(21-25)33(36)37)40(38,39)27-16-9-6-10-17-27/h5-17,21,23H,3-4,18-20,22H2,1-2H3,(H,30,35). The number of anilines is 1. The summed E-state index contributed by atoms with van der Waals surface area (Å²) in [6, 6.07) is 21.2. The summed E-state index contributed by atoms with van der Waals surface area (Å²) in [4.78, 5) is 38.9. The minimum Gasteiger partial charge on any atom is -0.354 e. The van der Waals surface area contributed by atoms with E-state index in [1.54, 1.807) is 25.1 Å². The highest BCUT2D eigenvalue weighted by atomic mass is 32.2. The van der Waals surface area contributed by atoms with Gasteiger partial charge in [0.15, 0.2) is 0 Å². The first-order valence-corrected chi connectivity index (χ1v) is 14.5. The van der Waals surface area contributed by atoms with Crippen molar-refractivity contribution in [2.45, 2.75) is 44.0 Å². The molecule has 0 aromatic heterocycles. The second kappa shape index (κ2) is 14.2. The molecule has 10 nitrogen and oxygen atoms in total. The van der Waals surface area contributed by atoms with E-state index in [-0.39, 0.29) is 28.7 Å². The van der Waals surface area contributed by atoms with Crippen molar-refractivity contribution in [3.63, 3.8) is 0 Å². The molecule has 0 spiro atoms. The maximum Gasteiger partial charge on any atom is 0.271 e. The van der Waals surface area contributed by atoms with Crippen LogP contribution in [0.3, 0.4) is 0 Å². The molecule has 0 heterocycles. The third-order valence-electron chi connectivity index (χ3n) is 6.42. The summed E-state index contributed by atoms with van der Waals surface area (Å²) in [5.74, 6) is -0.956. The lowest BCUT2D eigenvalue weighted by Gasteiger charge is -2.32. The summed E-state index contributed by atoms with van der Waals surface area (Å²) in [7, 11) is -4.29. The molecule has 40 heavy (non-hydrogen) atoms. The Morgan fingerprint density at radius 2 is 1.62 bits per heavy atom. The van der Waals surface area contributed by atoms with Gasteiger partial charge in [-0.3, -0.25) is 24.0 Å². The lowest BCUT2D eigenvalue weighted by Crippen LogP contribution is -2.52. The minimum atomic E-state index is -4.29. The molecule has 3 rings (SSSR count). The van der Waals surface area contributed by atoms with Crippen LogP contribution in [0.1, 0.15) is 32.3 Å². The molecule has 0 aliphatic carbocycles. The van der Waals surface area contributed by atoms with E-state index in [9.17, 15) is 28.1 Å². The van der Waals surface area contributed by atoms with E-state index >= 15 is 0 Å². The average Bonchev–Trinajstić information content (AvgIpc) is 2.97. The van der Waals surface area contributed by atoms with Gasteiger partial charge in [-0.05, 0) is 43.5 Å². The number of rotatable bonds is 14. The highest BCUT2D eigenvalue weighted by molar-refractivity contribution is 7.92. The molecule has 0 bridgehead atoms. The van der Waals surface area contributed by atoms with Gasteiger partial charge in [0.25, 0.3) is 15.7 Å². The molecule has 1 N–H and O–H groups in total. The van der Waals surface area contributed by atoms with Gasteiger partial charge in [-0.1, -0.05) is 67.9 Å². The van der Waals surface area contributed by atoms with E-state index in [1.165, 1.54) is 35.2 Å². The molecule has 0 saturated heterocycles. The maximum absolute atomic E-state index is 13.8. The molecular formula is C29H34N4O6S. The van der Waals surface area contributed by atoms with Gasteiger partial charge in [-0.2, -0.15) is 0 Å². The molecule has 0 aliphatic rings. The van der Waals surface area contributed by atoms with E-state index < -0.39 is 33.4 Å². The Balaban J connectivity index is 1.98. The Morgan fingerprint density at radius 1 is 0.975 bits per heavy atom. The van der Waals surface area contributed by atoms with Gasteiger partial charge >= 0.3 is 0 Å². The number of nitrogens with one attached hydrogen (secondary N) is 1. The number of amides is 2. The first-order chi connectivity index (χ1) is 19.1. The Kier molecular flexibility index (Phi) is 10.8. The van der Waals surface area contributed by atoms with Crippen molar-refractivity contribution >= 4 is 33.2 Å². The SMILES string of the molecule is CCCCNC(=O)C(C)N(CCc1ccccc1)C(=O)CN(c1cccc([N+](=O)[O-])c1)S(=O)(=O)c1ccccc1. The van der Waals surface area contributed by atoms with Crippen LogP contribution in [0.25, 0.3) is 0 Å². The lowest BCUT2D eigenvalue weighted by molar-refractivity contribution is -0.384. The van der Waals surface area contributed by atoms with Gasteiger partial charge in [0.05, 0.1) is 15.5 Å². The number of carbonyl (C=O) groups excluding carboxylic acids is 2. The topological polar surface area (TPSA) is 130 Å². The number of hydrogen-bond acceptors (Lipinski definition) is 6. The quantitative estimate of drug-likeness (QED) is 0.177. The van der Waals surface area contributed by atoms with Crippen LogP contribution in [0, 0.1) is 10.1 Å². The Labute approximate surface area is 234 Å². The van der Waals surface area contributed by atoms with Crippen LogP contribution in [0.15, 0.2) is 89.8 Å². The van der Waals surface area contributed by atoms with Crippen molar-refractivity contribution < 1.29 is 22.9 Å². The lowest BCUT2D eigenvalue weighted by atomic mass is 10.1. The summed E-state index contributed by atoms with van der Waals surface area (Å²) in [5, 5.41) is 14.3. The van der Waals surface area contributed by atoms with Crippen LogP contribution in [-0.2, 0) is 26.0 Å². The Hall–Kier alpha value is -4.25. The number of sulfonamides is 1. The summed E-state index contributed by atoms with van der Waals surface area (Å²) >= 11 is 0. The molecule has 3 aromatic rings. The van der Waals surface area contributed by atoms with Gasteiger partial charge in [-0.25, -0.2) is 8.42 Å². The largest absolute Gasteiger partial charge is 0.354 e. The third kappa shape index (κ3) is 7.89. The first-order valence-electron chi connectivity index (χ1n) is 13.1. The monoisotopic (exact) mass is 566 g/mol. The molecule has 0 radical (unpaired) electrons. The highest BCUT2D eigenvalue weighted by Crippen LogP contribution is 2.27. The number of nitro benzene ring substituents is 1. The normalized spacial score (nSPS) is 11.8. The molecule has 0 fully saturated rings. The number of benzene rings is 3. The van der Waals surface area contributed by atoms with Crippen LogP contribution in [-0.4, -0.2) is 55.7 Å². The average molecular weight is 567 g/mol. The molecule has 2 amide bonds. The van der Waals surface area contributed by atoms with Crippen molar-refractivity contribution in [3.8, 4) is 0 Å². The molecule has 3 aromatic carbocycles. The molecule has 0 saturated carbocycles. The van der Waals surface area contributed by atoms with Crippen LogP contribution < -0.4 is 9.62 Å². The van der Waals surface area contributed by atoms with Crippen molar-refractivity contribution in [3.05, 3.63) is 101 Å². The summed E-state index contributed by atoms with van der Waals surface area (Å²) in [6.45, 7) is 3.58. The van der Waals surface area contributed by atoms with Crippen molar-refractivity contribution in [2.75, 3.05) is 23.9 Å². The van der Waals surface area contributed by atoms with E-state index in [2.05, 4.69) is 5.32 Å². The number of non-ortho nitro benzene ring substituents is 1. The summed E-state index contributed by atoms with van der Waals surface area (Å²) in [5.41, 5.74) is 0.601. The number of hydrogen-bond donors (Lipinski definition) is 1. The predicted octanol–water partition coefficient (Wildman–Crippen LogP) is 4.17. The fourth-order valence-electron chi connectivity index (χ4n) is 4.12. The second-order valence-corrected chi connectivity index (χ2v) is 11.1. The minimum absolute atomic E-state index is 0.0329. The van der Waals surface area contributed by atoms with Crippen LogP contribution in [0.2, 0.25) is 0 Å². The zero-order valence-corrected chi connectivity index (χ0v) is 23.4. The van der Waals surface area contributed by atoms with E-state index in [1.807, 2.05) is 37.3 Å². The Bertz CT molecular complexity index is 1400. The fourth-order valence-corrected chi connectivity index (χ4v) is 5.54. The zero-order chi connectivity index (χ0) is 29.1. The number of carbonyl (C=O) groups is 2. The van der Waals surface area contributed by atoms with E-state index in [0.717, 1.165) is 28.8 Å². The summed E-state index contributed by atoms with van der Waals surface area (Å²) < 4.78 is 28.3. The van der Waals surface area contributed by atoms with Gasteiger partial charge in [0, 0.05) is 25.2 Å². The van der Waals surface area contributed by atoms with Crippen LogP contribution >= 0.6 is 0 Å². The molecular weight excluding hydrogens is 532 g/mol. The molecule has 0 aliphatic heterocycles. The van der Waals surface area contributed by atoms with Gasteiger partial charge in [0.1, 0.15) is 12.6 Å². The van der Waals surface area contributed by atoms with Crippen LogP contribution in [0.5, 0.6) is 0 Å². The predicted molar refractivity (Wildman–Crippen MR) is 153 cm³/mol. The summed E-state index contributed by atoms with van der Waals surface area (Å²) in [6.07, 6.45) is 2.12. The second-order valence-electron chi connectivity index (χ2n) is 9.24. The number of unbranched alkanes of at least 4 members (excludes halogenated alkanes) is 1.